The minimum absolute atomic E-state index is 0. The number of amides is 1. The van der Waals surface area contributed by atoms with Gasteiger partial charge in [0.15, 0.2) is 0 Å². The summed E-state index contributed by atoms with van der Waals surface area (Å²) < 4.78 is 46.7. The van der Waals surface area contributed by atoms with E-state index in [0.29, 0.717) is 6.20 Å². The molecule has 1 rings (SSSR count). The minimum atomic E-state index is -5.23. The van der Waals surface area contributed by atoms with Crippen LogP contribution in [0.15, 0.2) is 11.9 Å². The van der Waals surface area contributed by atoms with Crippen molar-refractivity contribution in [2.45, 2.75) is 26.4 Å². The zero-order valence-electron chi connectivity index (χ0n) is 10.9. The maximum atomic E-state index is 12.4. The van der Waals surface area contributed by atoms with Crippen LogP contribution in [0.1, 0.15) is 20.8 Å². The summed E-state index contributed by atoms with van der Waals surface area (Å²) in [5.41, 5.74) is -1.87. The molecule has 1 aliphatic rings. The van der Waals surface area contributed by atoms with Crippen molar-refractivity contribution in [3.8, 4) is 0 Å². The van der Waals surface area contributed by atoms with Crippen molar-refractivity contribution in [2.24, 2.45) is 0 Å². The molecule has 0 saturated carbocycles. The van der Waals surface area contributed by atoms with E-state index in [4.69, 9.17) is 4.74 Å². The molecule has 0 N–H and O–H groups in total. The SMILES string of the molecule is CC(C)(C)OC(=O)N1C=C([B-](F)(F)F)OCC1.[K+]. The van der Waals surface area contributed by atoms with Crippen LogP contribution in [0.3, 0.4) is 0 Å². The van der Waals surface area contributed by atoms with E-state index in [9.17, 15) is 17.7 Å². The summed E-state index contributed by atoms with van der Waals surface area (Å²) in [5, 5.41) is 0. The Balaban J connectivity index is 0.00000289. The summed E-state index contributed by atoms with van der Waals surface area (Å²) in [7, 11) is 0. The molecular formula is C9H14BF3KNO3. The molecule has 9 heteroatoms. The van der Waals surface area contributed by atoms with Gasteiger partial charge in [-0.1, -0.05) is 0 Å². The van der Waals surface area contributed by atoms with Crippen LogP contribution in [0.25, 0.3) is 0 Å². The van der Waals surface area contributed by atoms with E-state index in [0.717, 1.165) is 4.90 Å². The minimum Gasteiger partial charge on any atom is -0.526 e. The van der Waals surface area contributed by atoms with Gasteiger partial charge in [0.1, 0.15) is 12.2 Å². The molecule has 0 atom stereocenters. The van der Waals surface area contributed by atoms with Crippen molar-refractivity contribution in [3.05, 3.63) is 11.9 Å². The van der Waals surface area contributed by atoms with Gasteiger partial charge in [0.05, 0.1) is 12.2 Å². The number of rotatable bonds is 1. The van der Waals surface area contributed by atoms with Crippen LogP contribution < -0.4 is 51.4 Å². The molecule has 1 aliphatic heterocycles. The Morgan fingerprint density at radius 3 is 2.44 bits per heavy atom. The molecule has 0 aliphatic carbocycles. The Hall–Kier alpha value is 0.301. The number of hydrogen-bond donors (Lipinski definition) is 0. The summed E-state index contributed by atoms with van der Waals surface area (Å²) in [4.78, 5) is 12.4. The zero-order valence-corrected chi connectivity index (χ0v) is 14.0. The number of nitrogens with zero attached hydrogens (tertiary/aromatic N) is 1. The third-order valence-corrected chi connectivity index (χ3v) is 1.83. The van der Waals surface area contributed by atoms with Crippen LogP contribution in [0.2, 0.25) is 0 Å². The number of carbonyl (C=O) groups is 1. The standard InChI is InChI=1S/C9H14BF3NO3.K/c1-9(2,3)17-8(15)14-4-5-16-7(6-14)10(11,12)13;/h6H,4-5H2,1-3H3;/q-1;+1. The van der Waals surface area contributed by atoms with E-state index < -0.39 is 24.3 Å². The summed E-state index contributed by atoms with van der Waals surface area (Å²) in [6, 6.07) is 0. The van der Waals surface area contributed by atoms with Gasteiger partial charge in [0.25, 0.3) is 0 Å². The van der Waals surface area contributed by atoms with E-state index in [1.807, 2.05) is 0 Å². The summed E-state index contributed by atoms with van der Waals surface area (Å²) in [6.07, 6.45) is -0.157. The fraction of sp³-hybridized carbons (Fsp3) is 0.667. The van der Waals surface area contributed by atoms with Gasteiger partial charge in [-0.15, -0.1) is 0 Å². The van der Waals surface area contributed by atoms with Gasteiger partial charge >= 0.3 is 64.5 Å². The Morgan fingerprint density at radius 2 is 2.00 bits per heavy atom. The van der Waals surface area contributed by atoms with Crippen LogP contribution >= 0.6 is 0 Å². The first kappa shape index (κ1) is 18.3. The fourth-order valence-electron chi connectivity index (χ4n) is 1.16. The van der Waals surface area contributed by atoms with E-state index in [2.05, 4.69) is 4.74 Å². The second-order valence-corrected chi connectivity index (χ2v) is 4.63. The normalized spacial score (nSPS) is 16.3. The largest absolute Gasteiger partial charge is 1.00 e. The average Bonchev–Trinajstić information content (AvgIpc) is 2.14. The number of ether oxygens (including phenoxy) is 2. The molecule has 1 amide bonds. The molecule has 1 heterocycles. The summed E-state index contributed by atoms with van der Waals surface area (Å²) in [5.74, 6) is 0. The molecule has 0 unspecified atom stereocenters. The van der Waals surface area contributed by atoms with Crippen LogP contribution in [-0.2, 0) is 9.47 Å². The van der Waals surface area contributed by atoms with Gasteiger partial charge < -0.3 is 22.4 Å². The van der Waals surface area contributed by atoms with E-state index in [1.165, 1.54) is 0 Å². The first-order valence-electron chi connectivity index (χ1n) is 5.14. The zero-order chi connectivity index (χ0) is 13.3. The van der Waals surface area contributed by atoms with Gasteiger partial charge in [-0.25, -0.2) is 4.79 Å². The molecular weight excluding hydrogens is 277 g/mol. The van der Waals surface area contributed by atoms with Gasteiger partial charge in [-0.2, -0.15) is 0 Å². The molecule has 0 aromatic heterocycles. The van der Waals surface area contributed by atoms with E-state index in [-0.39, 0.29) is 64.5 Å². The Kier molecular flexibility index (Phi) is 6.76. The van der Waals surface area contributed by atoms with Gasteiger partial charge in [-0.3, -0.25) is 4.90 Å². The predicted molar refractivity (Wildman–Crippen MR) is 56.1 cm³/mol. The van der Waals surface area contributed by atoms with Crippen LogP contribution in [-0.4, -0.2) is 36.7 Å². The topological polar surface area (TPSA) is 38.8 Å². The van der Waals surface area contributed by atoms with Crippen molar-refractivity contribution in [1.29, 1.82) is 0 Å². The molecule has 0 spiro atoms. The predicted octanol–water partition coefficient (Wildman–Crippen LogP) is -0.514. The molecule has 0 saturated heterocycles. The number of halogens is 3. The van der Waals surface area contributed by atoms with Crippen molar-refractivity contribution in [1.82, 2.24) is 4.90 Å². The monoisotopic (exact) mass is 291 g/mol. The first-order valence-corrected chi connectivity index (χ1v) is 5.14. The van der Waals surface area contributed by atoms with Crippen molar-refractivity contribution in [2.75, 3.05) is 13.2 Å². The van der Waals surface area contributed by atoms with Crippen LogP contribution in [0.4, 0.5) is 17.7 Å². The molecule has 0 bridgehead atoms. The Bertz CT molecular complexity index is 341. The average molecular weight is 291 g/mol. The second kappa shape index (κ2) is 6.65. The van der Waals surface area contributed by atoms with Crippen molar-refractivity contribution < 1.29 is 78.6 Å². The van der Waals surface area contributed by atoms with E-state index >= 15 is 0 Å². The van der Waals surface area contributed by atoms with Crippen LogP contribution in [0.5, 0.6) is 0 Å². The first-order chi connectivity index (χ1) is 7.59. The molecule has 0 aromatic carbocycles. The molecule has 0 fully saturated rings. The van der Waals surface area contributed by atoms with Gasteiger partial charge in [0.2, 0.25) is 0 Å². The third kappa shape index (κ3) is 5.96. The molecule has 4 nitrogen and oxygen atoms in total. The maximum absolute atomic E-state index is 12.4. The number of hydrogen-bond acceptors (Lipinski definition) is 3. The van der Waals surface area contributed by atoms with Gasteiger partial charge in [-0.05, 0) is 20.8 Å². The molecule has 0 radical (unpaired) electrons. The Morgan fingerprint density at radius 1 is 1.44 bits per heavy atom. The molecule has 98 valence electrons. The van der Waals surface area contributed by atoms with Crippen LogP contribution in [0, 0.1) is 0 Å². The maximum Gasteiger partial charge on any atom is 1.00 e. The van der Waals surface area contributed by atoms with Crippen molar-refractivity contribution in [3.63, 3.8) is 0 Å². The molecule has 18 heavy (non-hydrogen) atoms. The van der Waals surface area contributed by atoms with Gasteiger partial charge in [0, 0.05) is 6.20 Å². The third-order valence-electron chi connectivity index (χ3n) is 1.83. The molecule has 0 aromatic rings. The summed E-state index contributed by atoms with van der Waals surface area (Å²) >= 11 is 0. The van der Waals surface area contributed by atoms with Crippen molar-refractivity contribution >= 4 is 13.1 Å². The van der Waals surface area contributed by atoms with E-state index in [1.54, 1.807) is 20.8 Å². The second-order valence-electron chi connectivity index (χ2n) is 4.63. The fourth-order valence-corrected chi connectivity index (χ4v) is 1.16. The number of carbonyl (C=O) groups excluding carboxylic acids is 1. The Labute approximate surface area is 146 Å². The smallest absolute Gasteiger partial charge is 0.526 e. The quantitative estimate of drug-likeness (QED) is 0.611. The summed E-state index contributed by atoms with van der Waals surface area (Å²) in [6.45, 7) is -0.448.